The molecule has 34 heavy (non-hydrogen) atoms. The van der Waals surface area contributed by atoms with Gasteiger partial charge in [-0.05, 0) is 62.3 Å². The monoisotopic (exact) mass is 464 g/mol. The van der Waals surface area contributed by atoms with Crippen molar-refractivity contribution in [3.05, 3.63) is 59.7 Å². The predicted molar refractivity (Wildman–Crippen MR) is 125 cm³/mol. The van der Waals surface area contributed by atoms with Gasteiger partial charge in [0.05, 0.1) is 36.4 Å². The number of nitrogens with zero attached hydrogens (tertiary/aromatic N) is 2. The number of Topliss-reactive ketones (excluding diaryl/α,β-unsaturated/α-hetero) is 1. The Morgan fingerprint density at radius 1 is 0.941 bits per heavy atom. The van der Waals surface area contributed by atoms with Gasteiger partial charge in [0.2, 0.25) is 11.7 Å². The number of ether oxygens (including phenoxy) is 2. The highest BCUT2D eigenvalue weighted by atomic mass is 16.5. The maximum atomic E-state index is 13.0. The summed E-state index contributed by atoms with van der Waals surface area (Å²) in [5.74, 6) is -1.10. The Morgan fingerprint density at radius 2 is 1.62 bits per heavy atom. The third-order valence-corrected chi connectivity index (χ3v) is 6.31. The molecule has 2 aliphatic rings. The number of carbonyl (C=O) groups excluding carboxylic acids is 4. The van der Waals surface area contributed by atoms with Crippen molar-refractivity contribution in [3.8, 4) is 5.75 Å². The van der Waals surface area contributed by atoms with E-state index >= 15 is 0 Å². The van der Waals surface area contributed by atoms with E-state index in [9.17, 15) is 19.2 Å². The lowest BCUT2D eigenvalue weighted by molar-refractivity contribution is -0.122. The molecule has 0 saturated carbocycles. The van der Waals surface area contributed by atoms with E-state index in [1.54, 1.807) is 36.4 Å². The molecule has 0 aromatic heterocycles. The minimum Gasteiger partial charge on any atom is -0.496 e. The number of esters is 1. The smallest absolute Gasteiger partial charge is 0.338 e. The highest BCUT2D eigenvalue weighted by molar-refractivity contribution is 6.22. The van der Waals surface area contributed by atoms with E-state index in [2.05, 4.69) is 4.90 Å². The van der Waals surface area contributed by atoms with Crippen molar-refractivity contribution in [3.63, 3.8) is 0 Å². The standard InChI is InChI=1S/C26H28N2O6/c1-33-23-9-5-4-8-20(23)22(29)17-34-26(32)18-10-12-19(13-11-18)28-24(30)16-21(25(28)31)27-14-6-2-3-7-15-27/h4-5,8-13,21H,2-3,6-7,14-17H2,1H3. The SMILES string of the molecule is COc1ccccc1C(=O)COC(=O)c1ccc(N2C(=O)CC(N3CCCCCC3)C2=O)cc1. The number of carbonyl (C=O) groups is 4. The first-order chi connectivity index (χ1) is 16.5. The first-order valence-electron chi connectivity index (χ1n) is 11.5. The number of methoxy groups -OCH3 is 1. The fourth-order valence-corrected chi connectivity index (χ4v) is 4.49. The van der Waals surface area contributed by atoms with Crippen molar-refractivity contribution in [1.29, 1.82) is 0 Å². The van der Waals surface area contributed by atoms with E-state index in [4.69, 9.17) is 9.47 Å². The Morgan fingerprint density at radius 3 is 2.29 bits per heavy atom. The molecule has 8 nitrogen and oxygen atoms in total. The predicted octanol–water partition coefficient (Wildman–Crippen LogP) is 3.24. The molecule has 8 heteroatoms. The van der Waals surface area contributed by atoms with Crippen LogP contribution in [0.5, 0.6) is 5.75 Å². The van der Waals surface area contributed by atoms with Gasteiger partial charge in [-0.3, -0.25) is 19.3 Å². The zero-order chi connectivity index (χ0) is 24.1. The molecule has 4 rings (SSSR count). The van der Waals surface area contributed by atoms with Gasteiger partial charge in [-0.25, -0.2) is 9.69 Å². The Bertz CT molecular complexity index is 1070. The van der Waals surface area contributed by atoms with Crippen LogP contribution in [0.1, 0.15) is 52.8 Å². The van der Waals surface area contributed by atoms with Crippen LogP contribution in [0.2, 0.25) is 0 Å². The number of rotatable bonds is 7. The molecule has 1 atom stereocenters. The van der Waals surface area contributed by atoms with E-state index in [1.807, 2.05) is 0 Å². The van der Waals surface area contributed by atoms with Crippen LogP contribution in [-0.4, -0.2) is 61.3 Å². The van der Waals surface area contributed by atoms with Crippen molar-refractivity contribution >= 4 is 29.3 Å². The molecular formula is C26H28N2O6. The summed E-state index contributed by atoms with van der Waals surface area (Å²) in [6, 6.07) is 12.4. The van der Waals surface area contributed by atoms with Crippen LogP contribution in [0.15, 0.2) is 48.5 Å². The highest BCUT2D eigenvalue weighted by Gasteiger charge is 2.42. The van der Waals surface area contributed by atoms with Crippen molar-refractivity contribution in [1.82, 2.24) is 4.90 Å². The summed E-state index contributed by atoms with van der Waals surface area (Å²) in [7, 11) is 1.46. The number of ketones is 1. The van der Waals surface area contributed by atoms with Crippen molar-refractivity contribution in [2.75, 3.05) is 31.7 Å². The second-order valence-electron chi connectivity index (χ2n) is 8.48. The van der Waals surface area contributed by atoms with Gasteiger partial charge < -0.3 is 9.47 Å². The number of likely N-dealkylation sites (tertiary alicyclic amines) is 1. The van der Waals surface area contributed by atoms with Gasteiger partial charge in [0.25, 0.3) is 5.91 Å². The molecule has 2 aromatic carbocycles. The number of hydrogen-bond acceptors (Lipinski definition) is 7. The summed E-state index contributed by atoms with van der Waals surface area (Å²) in [6.45, 7) is 1.23. The molecule has 0 spiro atoms. The number of para-hydroxylation sites is 1. The van der Waals surface area contributed by atoms with E-state index < -0.39 is 18.6 Å². The number of hydrogen-bond donors (Lipinski definition) is 0. The fourth-order valence-electron chi connectivity index (χ4n) is 4.49. The van der Waals surface area contributed by atoms with Gasteiger partial charge >= 0.3 is 5.97 Å². The summed E-state index contributed by atoms with van der Waals surface area (Å²) < 4.78 is 10.3. The van der Waals surface area contributed by atoms with Crippen LogP contribution < -0.4 is 9.64 Å². The molecule has 178 valence electrons. The van der Waals surface area contributed by atoms with Crippen LogP contribution in [0.3, 0.4) is 0 Å². The second kappa shape index (κ2) is 10.6. The van der Waals surface area contributed by atoms with Crippen LogP contribution in [-0.2, 0) is 14.3 Å². The molecule has 0 N–H and O–H groups in total. The van der Waals surface area contributed by atoms with Gasteiger partial charge in [0.1, 0.15) is 5.75 Å². The molecule has 2 fully saturated rings. The number of benzene rings is 2. The van der Waals surface area contributed by atoms with Crippen LogP contribution in [0.25, 0.3) is 0 Å². The van der Waals surface area contributed by atoms with Crippen molar-refractivity contribution in [2.24, 2.45) is 0 Å². The van der Waals surface area contributed by atoms with Gasteiger partial charge in [0, 0.05) is 0 Å². The summed E-state index contributed by atoms with van der Waals surface area (Å²) in [5, 5.41) is 0. The molecule has 1 unspecified atom stereocenters. The van der Waals surface area contributed by atoms with Gasteiger partial charge in [-0.2, -0.15) is 0 Å². The van der Waals surface area contributed by atoms with E-state index in [1.165, 1.54) is 24.1 Å². The van der Waals surface area contributed by atoms with Gasteiger partial charge in [-0.15, -0.1) is 0 Å². The number of imide groups is 1. The normalized spacial score (nSPS) is 19.1. The summed E-state index contributed by atoms with van der Waals surface area (Å²) in [6.07, 6.45) is 4.55. The third kappa shape index (κ3) is 5.02. The first-order valence-corrected chi connectivity index (χ1v) is 11.5. The molecule has 2 aliphatic heterocycles. The summed E-state index contributed by atoms with van der Waals surface area (Å²) >= 11 is 0. The average molecular weight is 465 g/mol. The molecule has 2 saturated heterocycles. The lowest BCUT2D eigenvalue weighted by Crippen LogP contribution is -2.42. The number of anilines is 1. The fraction of sp³-hybridized carbons (Fsp3) is 0.385. The Kier molecular flexibility index (Phi) is 7.37. The topological polar surface area (TPSA) is 93.2 Å². The van der Waals surface area contributed by atoms with E-state index in [-0.39, 0.29) is 29.6 Å². The number of amides is 2. The minimum atomic E-state index is -0.670. The van der Waals surface area contributed by atoms with Crippen molar-refractivity contribution in [2.45, 2.75) is 38.1 Å². The molecule has 0 bridgehead atoms. The molecule has 0 radical (unpaired) electrons. The maximum Gasteiger partial charge on any atom is 0.338 e. The lowest BCUT2D eigenvalue weighted by Gasteiger charge is -2.25. The van der Waals surface area contributed by atoms with Gasteiger partial charge in [0.15, 0.2) is 6.61 Å². The zero-order valence-corrected chi connectivity index (χ0v) is 19.2. The molecule has 2 aromatic rings. The maximum absolute atomic E-state index is 13.0. The first kappa shape index (κ1) is 23.6. The van der Waals surface area contributed by atoms with E-state index in [0.29, 0.717) is 17.0 Å². The summed E-state index contributed by atoms with van der Waals surface area (Å²) in [4.78, 5) is 53.8. The van der Waals surface area contributed by atoms with Crippen molar-refractivity contribution < 1.29 is 28.7 Å². The minimum absolute atomic E-state index is 0.174. The molecular weight excluding hydrogens is 436 g/mol. The Labute approximate surface area is 198 Å². The largest absolute Gasteiger partial charge is 0.496 e. The second-order valence-corrected chi connectivity index (χ2v) is 8.48. The van der Waals surface area contributed by atoms with Crippen LogP contribution in [0.4, 0.5) is 5.69 Å². The molecule has 2 heterocycles. The Hall–Kier alpha value is -3.52. The zero-order valence-electron chi connectivity index (χ0n) is 19.2. The van der Waals surface area contributed by atoms with Crippen LogP contribution in [0, 0.1) is 0 Å². The highest BCUT2D eigenvalue weighted by Crippen LogP contribution is 2.27. The van der Waals surface area contributed by atoms with Gasteiger partial charge in [-0.1, -0.05) is 25.0 Å². The molecule has 2 amide bonds. The summed E-state index contributed by atoms with van der Waals surface area (Å²) in [5.41, 5.74) is 0.979. The lowest BCUT2D eigenvalue weighted by atomic mass is 10.1. The third-order valence-electron chi connectivity index (χ3n) is 6.31. The quantitative estimate of drug-likeness (QED) is 0.353. The Balaban J connectivity index is 1.38. The van der Waals surface area contributed by atoms with E-state index in [0.717, 1.165) is 38.8 Å². The average Bonchev–Trinajstić information content (AvgIpc) is 3.02. The van der Waals surface area contributed by atoms with Crippen LogP contribution >= 0.6 is 0 Å². The molecule has 0 aliphatic carbocycles.